The number of thiazole rings is 1. The molecule has 32 heavy (non-hydrogen) atoms. The van der Waals surface area contributed by atoms with Crippen LogP contribution in [0.3, 0.4) is 0 Å². The van der Waals surface area contributed by atoms with E-state index in [9.17, 15) is 9.59 Å². The number of nitrogens with zero attached hydrogens (tertiary/aromatic N) is 3. The van der Waals surface area contributed by atoms with E-state index in [0.29, 0.717) is 21.6 Å². The predicted molar refractivity (Wildman–Crippen MR) is 128 cm³/mol. The number of rotatable bonds is 4. The number of benzene rings is 3. The first-order valence-corrected chi connectivity index (χ1v) is 10.9. The molecular formula is C25H18N4O2S. The van der Waals surface area contributed by atoms with Crippen molar-refractivity contribution in [3.63, 3.8) is 0 Å². The molecule has 6 nitrogen and oxygen atoms in total. The van der Waals surface area contributed by atoms with E-state index < -0.39 is 5.91 Å². The number of aryl methyl sites for hydroxylation is 1. The van der Waals surface area contributed by atoms with Crippen LogP contribution in [0.2, 0.25) is 0 Å². The Labute approximate surface area is 187 Å². The fourth-order valence-electron chi connectivity index (χ4n) is 3.57. The van der Waals surface area contributed by atoms with Gasteiger partial charge in [0.25, 0.3) is 11.5 Å². The Kier molecular flexibility index (Phi) is 5.09. The van der Waals surface area contributed by atoms with Crippen LogP contribution in [0.25, 0.3) is 27.7 Å². The Morgan fingerprint density at radius 2 is 1.59 bits per heavy atom. The number of carbonyl (C=O) groups excluding carboxylic acids is 1. The molecule has 1 amide bonds. The van der Waals surface area contributed by atoms with Gasteiger partial charge >= 0.3 is 0 Å². The molecule has 0 fully saturated rings. The predicted octanol–water partition coefficient (Wildman–Crippen LogP) is 5.07. The quantitative estimate of drug-likeness (QED) is 0.425. The van der Waals surface area contributed by atoms with Crippen molar-refractivity contribution >= 4 is 33.1 Å². The number of carbonyl (C=O) groups is 1. The molecule has 0 spiro atoms. The largest absolute Gasteiger partial charge is 0.296 e. The summed E-state index contributed by atoms with van der Waals surface area (Å²) in [6.07, 6.45) is 0. The second kappa shape index (κ2) is 8.20. The molecule has 0 saturated heterocycles. The molecule has 0 bridgehead atoms. The van der Waals surface area contributed by atoms with Crippen LogP contribution in [0.15, 0.2) is 89.0 Å². The van der Waals surface area contributed by atoms with E-state index in [1.165, 1.54) is 16.0 Å². The number of aromatic nitrogens is 3. The van der Waals surface area contributed by atoms with Crippen LogP contribution in [0.5, 0.6) is 0 Å². The number of fused-ring (bicyclic) bond motifs is 1. The minimum absolute atomic E-state index is 0.164. The molecule has 0 atom stereocenters. The number of para-hydroxylation sites is 1. The summed E-state index contributed by atoms with van der Waals surface area (Å²) in [6, 6.07) is 24.0. The summed E-state index contributed by atoms with van der Waals surface area (Å²) < 4.78 is 1.26. The Hall–Kier alpha value is -4.10. The second-order valence-corrected chi connectivity index (χ2v) is 8.11. The summed E-state index contributed by atoms with van der Waals surface area (Å²) in [5.74, 6) is -0.420. The molecule has 2 aromatic heterocycles. The van der Waals surface area contributed by atoms with Crippen molar-refractivity contribution in [1.82, 2.24) is 14.8 Å². The van der Waals surface area contributed by atoms with E-state index in [1.54, 1.807) is 36.4 Å². The van der Waals surface area contributed by atoms with Crippen molar-refractivity contribution in [2.75, 3.05) is 5.32 Å². The maximum absolute atomic E-state index is 13.2. The molecule has 0 saturated carbocycles. The molecule has 5 rings (SSSR count). The van der Waals surface area contributed by atoms with Crippen molar-refractivity contribution in [2.24, 2.45) is 0 Å². The lowest BCUT2D eigenvalue weighted by atomic mass is 10.1. The minimum atomic E-state index is -0.420. The van der Waals surface area contributed by atoms with Crippen LogP contribution in [-0.2, 0) is 0 Å². The number of anilines is 1. The minimum Gasteiger partial charge on any atom is -0.296 e. The standard InChI is InChI=1S/C25H18N4O2S/c1-16-9-5-6-12-18(16)21-15-32-25(26-21)27-23(30)22-19-13-7-8-14-20(19)24(31)29(28-22)17-10-3-2-4-11-17/h2-15H,1H3,(H,26,27,30). The molecule has 0 aliphatic heterocycles. The Morgan fingerprint density at radius 1 is 0.906 bits per heavy atom. The van der Waals surface area contributed by atoms with Crippen molar-refractivity contribution < 1.29 is 4.79 Å². The monoisotopic (exact) mass is 438 g/mol. The SMILES string of the molecule is Cc1ccccc1-c1csc(NC(=O)c2nn(-c3ccccc3)c(=O)c3ccccc23)n1. The van der Waals surface area contributed by atoms with E-state index in [0.717, 1.165) is 16.8 Å². The van der Waals surface area contributed by atoms with Gasteiger partial charge in [0.2, 0.25) is 0 Å². The lowest BCUT2D eigenvalue weighted by Crippen LogP contribution is -2.26. The first-order valence-electron chi connectivity index (χ1n) is 10.0. The van der Waals surface area contributed by atoms with E-state index in [-0.39, 0.29) is 11.3 Å². The van der Waals surface area contributed by atoms with Gasteiger partial charge in [0.1, 0.15) is 0 Å². The van der Waals surface area contributed by atoms with Crippen LogP contribution in [-0.4, -0.2) is 20.7 Å². The summed E-state index contributed by atoms with van der Waals surface area (Å²) >= 11 is 1.35. The van der Waals surface area contributed by atoms with Crippen LogP contribution in [0.4, 0.5) is 5.13 Å². The zero-order chi connectivity index (χ0) is 22.1. The molecule has 1 N–H and O–H groups in total. The molecule has 0 aliphatic carbocycles. The fraction of sp³-hybridized carbons (Fsp3) is 0.0400. The number of nitrogens with one attached hydrogen (secondary N) is 1. The molecule has 0 aliphatic rings. The van der Waals surface area contributed by atoms with Gasteiger partial charge in [-0.25, -0.2) is 4.98 Å². The van der Waals surface area contributed by atoms with E-state index in [4.69, 9.17) is 0 Å². The van der Waals surface area contributed by atoms with Crippen LogP contribution in [0.1, 0.15) is 16.1 Å². The third-order valence-electron chi connectivity index (χ3n) is 5.17. The first-order chi connectivity index (χ1) is 15.6. The van der Waals surface area contributed by atoms with E-state index in [2.05, 4.69) is 15.4 Å². The summed E-state index contributed by atoms with van der Waals surface area (Å²) in [6.45, 7) is 2.02. The van der Waals surface area contributed by atoms with Gasteiger partial charge in [-0.3, -0.25) is 14.9 Å². The highest BCUT2D eigenvalue weighted by atomic mass is 32.1. The summed E-state index contributed by atoms with van der Waals surface area (Å²) in [4.78, 5) is 30.8. The summed E-state index contributed by atoms with van der Waals surface area (Å²) in [5, 5.41) is 10.6. The normalized spacial score (nSPS) is 10.9. The summed E-state index contributed by atoms with van der Waals surface area (Å²) in [7, 11) is 0. The van der Waals surface area contributed by atoms with Gasteiger partial charge in [0.15, 0.2) is 10.8 Å². The molecule has 5 aromatic rings. The first kappa shape index (κ1) is 19.8. The second-order valence-electron chi connectivity index (χ2n) is 7.25. The average Bonchev–Trinajstić information content (AvgIpc) is 3.28. The zero-order valence-corrected chi connectivity index (χ0v) is 18.0. The summed E-state index contributed by atoms with van der Waals surface area (Å²) in [5.41, 5.74) is 3.41. The lowest BCUT2D eigenvalue weighted by molar-refractivity contribution is 0.102. The van der Waals surface area contributed by atoms with Crippen molar-refractivity contribution in [3.8, 4) is 16.9 Å². The van der Waals surface area contributed by atoms with Crippen LogP contribution >= 0.6 is 11.3 Å². The highest BCUT2D eigenvalue weighted by Gasteiger charge is 2.19. The molecule has 0 radical (unpaired) electrons. The highest BCUT2D eigenvalue weighted by molar-refractivity contribution is 7.14. The van der Waals surface area contributed by atoms with Gasteiger partial charge in [-0.15, -0.1) is 11.3 Å². The van der Waals surface area contributed by atoms with Crippen LogP contribution in [0, 0.1) is 6.92 Å². The molecular weight excluding hydrogens is 420 g/mol. The number of amides is 1. The van der Waals surface area contributed by atoms with Gasteiger partial charge in [-0.05, 0) is 30.7 Å². The zero-order valence-electron chi connectivity index (χ0n) is 17.1. The lowest BCUT2D eigenvalue weighted by Gasteiger charge is -2.10. The topological polar surface area (TPSA) is 76.9 Å². The van der Waals surface area contributed by atoms with Gasteiger partial charge in [0.05, 0.1) is 16.8 Å². The molecule has 2 heterocycles. The maximum Gasteiger partial charge on any atom is 0.279 e. The molecule has 156 valence electrons. The third-order valence-corrected chi connectivity index (χ3v) is 5.92. The fourth-order valence-corrected chi connectivity index (χ4v) is 4.28. The van der Waals surface area contributed by atoms with E-state index >= 15 is 0 Å². The van der Waals surface area contributed by atoms with Gasteiger partial charge in [-0.2, -0.15) is 9.78 Å². The maximum atomic E-state index is 13.2. The molecule has 3 aromatic carbocycles. The average molecular weight is 439 g/mol. The van der Waals surface area contributed by atoms with Gasteiger partial charge < -0.3 is 0 Å². The molecule has 0 unspecified atom stereocenters. The van der Waals surface area contributed by atoms with Crippen molar-refractivity contribution in [3.05, 3.63) is 106 Å². The number of hydrogen-bond donors (Lipinski definition) is 1. The smallest absolute Gasteiger partial charge is 0.279 e. The van der Waals surface area contributed by atoms with Crippen molar-refractivity contribution in [2.45, 2.75) is 6.92 Å². The molecule has 7 heteroatoms. The Bertz CT molecular complexity index is 1510. The highest BCUT2D eigenvalue weighted by Crippen LogP contribution is 2.27. The van der Waals surface area contributed by atoms with Gasteiger partial charge in [0, 0.05) is 16.3 Å². The van der Waals surface area contributed by atoms with E-state index in [1.807, 2.05) is 54.8 Å². The number of hydrogen-bond acceptors (Lipinski definition) is 5. The van der Waals surface area contributed by atoms with Gasteiger partial charge in [-0.1, -0.05) is 60.7 Å². The Balaban J connectivity index is 1.55. The third kappa shape index (κ3) is 3.59. The van der Waals surface area contributed by atoms with Crippen molar-refractivity contribution in [1.29, 1.82) is 0 Å². The Morgan fingerprint density at radius 3 is 2.38 bits per heavy atom. The van der Waals surface area contributed by atoms with Crippen LogP contribution < -0.4 is 10.9 Å².